The second kappa shape index (κ2) is 13.5. The molecular weight excluding hydrogens is 385 g/mol. The van der Waals surface area contributed by atoms with Crippen molar-refractivity contribution in [2.45, 2.75) is 25.4 Å². The maximum Gasteiger partial charge on any atom is 0.193 e. The molecule has 0 saturated carbocycles. The Morgan fingerprint density at radius 2 is 1.81 bits per heavy atom. The van der Waals surface area contributed by atoms with Crippen molar-refractivity contribution in [3.8, 4) is 0 Å². The molecule has 0 aliphatic carbocycles. The van der Waals surface area contributed by atoms with Crippen LogP contribution in [-0.2, 0) is 14.2 Å². The fourth-order valence-corrected chi connectivity index (χ4v) is 2.28. The molecule has 1 rings (SSSR count). The van der Waals surface area contributed by atoms with Crippen LogP contribution in [0.5, 0.6) is 0 Å². The molecular formula is C14H30IN3O3. The number of halogens is 1. The molecule has 6 nitrogen and oxygen atoms in total. The molecule has 0 unspecified atom stereocenters. The van der Waals surface area contributed by atoms with Gasteiger partial charge in [0.2, 0.25) is 0 Å². The van der Waals surface area contributed by atoms with Gasteiger partial charge in [-0.1, -0.05) is 0 Å². The molecule has 0 bridgehead atoms. The number of hydrogen-bond acceptors (Lipinski definition) is 4. The predicted molar refractivity (Wildman–Crippen MR) is 95.7 cm³/mol. The van der Waals surface area contributed by atoms with Crippen LogP contribution in [0.3, 0.4) is 0 Å². The van der Waals surface area contributed by atoms with Crippen molar-refractivity contribution in [3.05, 3.63) is 0 Å². The molecule has 1 aliphatic rings. The second-order valence-corrected chi connectivity index (χ2v) is 4.87. The third-order valence-electron chi connectivity index (χ3n) is 3.39. The van der Waals surface area contributed by atoms with Crippen LogP contribution in [0.15, 0.2) is 4.99 Å². The number of ether oxygens (including phenoxy) is 3. The maximum absolute atomic E-state index is 5.86. The smallest absolute Gasteiger partial charge is 0.193 e. The normalized spacial score (nSPS) is 16.7. The lowest BCUT2D eigenvalue weighted by Gasteiger charge is -2.34. The first-order valence-corrected chi connectivity index (χ1v) is 7.37. The monoisotopic (exact) mass is 415 g/mol. The summed E-state index contributed by atoms with van der Waals surface area (Å²) in [5.41, 5.74) is 0. The molecule has 1 saturated heterocycles. The fraction of sp³-hybridized carbons (Fsp3) is 0.929. The summed E-state index contributed by atoms with van der Waals surface area (Å²) < 4.78 is 15.9. The number of guanidine groups is 1. The van der Waals surface area contributed by atoms with Crippen molar-refractivity contribution in [1.82, 2.24) is 10.2 Å². The van der Waals surface area contributed by atoms with E-state index in [1.807, 2.05) is 7.05 Å². The van der Waals surface area contributed by atoms with Gasteiger partial charge in [0.25, 0.3) is 0 Å². The zero-order valence-corrected chi connectivity index (χ0v) is 15.8. The summed E-state index contributed by atoms with van der Waals surface area (Å²) in [6.45, 7) is 5.02. The van der Waals surface area contributed by atoms with Gasteiger partial charge in [-0.05, 0) is 19.3 Å². The third kappa shape index (κ3) is 8.80. The minimum absolute atomic E-state index is 0. The Bertz CT molecular complexity index is 272. The van der Waals surface area contributed by atoms with Gasteiger partial charge in [-0.3, -0.25) is 4.99 Å². The molecule has 1 heterocycles. The lowest BCUT2D eigenvalue weighted by atomic mass is 10.1. The number of rotatable bonds is 8. The number of piperidine rings is 1. The molecule has 1 aliphatic heterocycles. The molecule has 0 aromatic carbocycles. The largest absolute Gasteiger partial charge is 0.385 e. The molecule has 1 N–H and O–H groups in total. The summed E-state index contributed by atoms with van der Waals surface area (Å²) in [6, 6.07) is 0. The summed E-state index contributed by atoms with van der Waals surface area (Å²) in [4.78, 5) is 6.60. The molecule has 1 fully saturated rings. The fourth-order valence-electron chi connectivity index (χ4n) is 2.28. The first-order chi connectivity index (χ1) is 9.81. The highest BCUT2D eigenvalue weighted by Crippen LogP contribution is 2.14. The molecule has 126 valence electrons. The lowest BCUT2D eigenvalue weighted by molar-refractivity contribution is 0.00987. The predicted octanol–water partition coefficient (Wildman–Crippen LogP) is 1.34. The topological polar surface area (TPSA) is 55.3 Å². The summed E-state index contributed by atoms with van der Waals surface area (Å²) >= 11 is 0. The second-order valence-electron chi connectivity index (χ2n) is 4.87. The van der Waals surface area contributed by atoms with Gasteiger partial charge in [0.1, 0.15) is 0 Å². The van der Waals surface area contributed by atoms with Gasteiger partial charge in [0.05, 0.1) is 12.7 Å². The average Bonchev–Trinajstić information content (AvgIpc) is 2.49. The first-order valence-electron chi connectivity index (χ1n) is 7.37. The molecule has 0 aromatic heterocycles. The Labute approximate surface area is 145 Å². The minimum atomic E-state index is 0. The first kappa shape index (κ1) is 20.9. The van der Waals surface area contributed by atoms with E-state index in [9.17, 15) is 0 Å². The molecule has 7 heteroatoms. The summed E-state index contributed by atoms with van der Waals surface area (Å²) in [7, 11) is 5.25. The van der Waals surface area contributed by atoms with Crippen molar-refractivity contribution in [1.29, 1.82) is 0 Å². The van der Waals surface area contributed by atoms with Crippen LogP contribution in [0.1, 0.15) is 19.3 Å². The van der Waals surface area contributed by atoms with Crippen LogP contribution >= 0.6 is 24.0 Å². The minimum Gasteiger partial charge on any atom is -0.385 e. The summed E-state index contributed by atoms with van der Waals surface area (Å²) in [6.07, 6.45) is 3.45. The van der Waals surface area contributed by atoms with E-state index in [1.54, 1.807) is 14.2 Å². The van der Waals surface area contributed by atoms with E-state index in [0.717, 1.165) is 58.1 Å². The van der Waals surface area contributed by atoms with E-state index in [0.29, 0.717) is 12.7 Å². The van der Waals surface area contributed by atoms with Crippen LogP contribution in [-0.4, -0.2) is 77.7 Å². The van der Waals surface area contributed by atoms with Crippen LogP contribution in [0.2, 0.25) is 0 Å². The Balaban J connectivity index is 0.00000400. The van der Waals surface area contributed by atoms with Gasteiger partial charge in [0.15, 0.2) is 5.96 Å². The van der Waals surface area contributed by atoms with Crippen molar-refractivity contribution in [2.24, 2.45) is 4.99 Å². The van der Waals surface area contributed by atoms with E-state index in [2.05, 4.69) is 15.2 Å². The third-order valence-corrected chi connectivity index (χ3v) is 3.39. The van der Waals surface area contributed by atoms with E-state index < -0.39 is 0 Å². The van der Waals surface area contributed by atoms with E-state index in [4.69, 9.17) is 14.2 Å². The SMILES string of the molecule is CN=C(NCCOC)N1CCC(OCCCOC)CC1.I. The van der Waals surface area contributed by atoms with Crippen molar-refractivity contribution in [3.63, 3.8) is 0 Å². The standard InChI is InChI=1S/C14H29N3O3.HI/c1-15-14(16-7-12-19-3)17-8-5-13(6-9-17)20-11-4-10-18-2;/h13H,4-12H2,1-3H3,(H,15,16);1H. The van der Waals surface area contributed by atoms with Gasteiger partial charge >= 0.3 is 0 Å². The van der Waals surface area contributed by atoms with Crippen molar-refractivity contribution >= 4 is 29.9 Å². The molecule has 0 atom stereocenters. The number of methoxy groups -OCH3 is 2. The van der Waals surface area contributed by atoms with Crippen LogP contribution < -0.4 is 5.32 Å². The van der Waals surface area contributed by atoms with Crippen LogP contribution in [0, 0.1) is 0 Å². The van der Waals surface area contributed by atoms with Gasteiger partial charge in [0, 0.05) is 54.1 Å². The number of nitrogens with one attached hydrogen (secondary N) is 1. The highest BCUT2D eigenvalue weighted by atomic mass is 127. The van der Waals surface area contributed by atoms with Crippen LogP contribution in [0.4, 0.5) is 0 Å². The average molecular weight is 415 g/mol. The maximum atomic E-state index is 5.86. The molecule has 21 heavy (non-hydrogen) atoms. The summed E-state index contributed by atoms with van der Waals surface area (Å²) in [5.74, 6) is 0.958. The quantitative estimate of drug-likeness (QED) is 0.281. The van der Waals surface area contributed by atoms with Gasteiger partial charge < -0.3 is 24.4 Å². The molecule has 0 radical (unpaired) electrons. The molecule has 0 amide bonds. The highest BCUT2D eigenvalue weighted by Gasteiger charge is 2.21. The molecule has 0 spiro atoms. The van der Waals surface area contributed by atoms with Gasteiger partial charge in [-0.2, -0.15) is 0 Å². The zero-order valence-electron chi connectivity index (χ0n) is 13.5. The van der Waals surface area contributed by atoms with E-state index in [-0.39, 0.29) is 24.0 Å². The van der Waals surface area contributed by atoms with Crippen molar-refractivity contribution < 1.29 is 14.2 Å². The lowest BCUT2D eigenvalue weighted by Crippen LogP contribution is -2.47. The van der Waals surface area contributed by atoms with Gasteiger partial charge in [-0.15, -0.1) is 24.0 Å². The molecule has 0 aromatic rings. The van der Waals surface area contributed by atoms with E-state index in [1.165, 1.54) is 0 Å². The summed E-state index contributed by atoms with van der Waals surface area (Å²) in [5, 5.41) is 3.31. The number of likely N-dealkylation sites (tertiary alicyclic amines) is 1. The van der Waals surface area contributed by atoms with Gasteiger partial charge in [-0.25, -0.2) is 0 Å². The Hall–Kier alpha value is -0.120. The zero-order chi connectivity index (χ0) is 14.6. The number of hydrogen-bond donors (Lipinski definition) is 1. The van der Waals surface area contributed by atoms with Crippen molar-refractivity contribution in [2.75, 3.05) is 60.7 Å². The van der Waals surface area contributed by atoms with E-state index >= 15 is 0 Å². The highest BCUT2D eigenvalue weighted by molar-refractivity contribution is 14.0. The number of nitrogens with zero attached hydrogens (tertiary/aromatic N) is 2. The Morgan fingerprint density at radius 1 is 1.14 bits per heavy atom. The Morgan fingerprint density at radius 3 is 2.38 bits per heavy atom. The van der Waals surface area contributed by atoms with Crippen LogP contribution in [0.25, 0.3) is 0 Å². The Kier molecular flexibility index (Phi) is 13.5. The number of aliphatic imine (C=N–C) groups is 1.